The standard InChI is InChI=1S/C21H18Cl2N2O3S/c1-14-3-2-4-19(9-14)24-21(26)10-15-5-7-18(8-6-15)25-29(27,28)20-12-16(22)11-17(23)13-20/h2-9,11-13,25H,10H2,1H3,(H,24,26). The van der Waals surface area contributed by atoms with Gasteiger partial charge in [0.25, 0.3) is 10.0 Å². The largest absolute Gasteiger partial charge is 0.326 e. The summed E-state index contributed by atoms with van der Waals surface area (Å²) in [5.41, 5.74) is 2.91. The minimum absolute atomic E-state index is 0.0309. The SMILES string of the molecule is Cc1cccc(NC(=O)Cc2ccc(NS(=O)(=O)c3cc(Cl)cc(Cl)c3)cc2)c1. The number of rotatable bonds is 6. The van der Waals surface area contributed by atoms with Crippen LogP contribution < -0.4 is 10.0 Å². The fourth-order valence-corrected chi connectivity index (χ4v) is 4.49. The zero-order valence-electron chi connectivity index (χ0n) is 15.4. The molecular formula is C21H18Cl2N2O3S. The van der Waals surface area contributed by atoms with Gasteiger partial charge in [0.1, 0.15) is 0 Å². The molecule has 0 aliphatic carbocycles. The van der Waals surface area contributed by atoms with Crippen molar-refractivity contribution in [3.8, 4) is 0 Å². The van der Waals surface area contributed by atoms with Gasteiger partial charge in [0, 0.05) is 21.4 Å². The van der Waals surface area contributed by atoms with Crippen molar-refractivity contribution >= 4 is 50.5 Å². The van der Waals surface area contributed by atoms with Crippen molar-refractivity contribution in [1.29, 1.82) is 0 Å². The molecule has 0 aromatic heterocycles. The van der Waals surface area contributed by atoms with Crippen LogP contribution in [0.15, 0.2) is 71.6 Å². The molecule has 3 aromatic rings. The first kappa shape index (κ1) is 21.2. The number of anilines is 2. The van der Waals surface area contributed by atoms with Gasteiger partial charge in [-0.1, -0.05) is 47.5 Å². The number of nitrogens with one attached hydrogen (secondary N) is 2. The highest BCUT2D eigenvalue weighted by molar-refractivity contribution is 7.92. The third kappa shape index (κ3) is 5.97. The number of amides is 1. The van der Waals surface area contributed by atoms with Crippen LogP contribution in [0.3, 0.4) is 0 Å². The Balaban J connectivity index is 1.66. The van der Waals surface area contributed by atoms with E-state index in [1.807, 2.05) is 31.2 Å². The van der Waals surface area contributed by atoms with E-state index in [-0.39, 0.29) is 27.3 Å². The fourth-order valence-electron chi connectivity index (χ4n) is 2.70. The predicted octanol–water partition coefficient (Wildman–Crippen LogP) is 5.28. The van der Waals surface area contributed by atoms with Gasteiger partial charge in [-0.3, -0.25) is 9.52 Å². The second-order valence-electron chi connectivity index (χ2n) is 6.50. The van der Waals surface area contributed by atoms with E-state index < -0.39 is 10.0 Å². The number of sulfonamides is 1. The van der Waals surface area contributed by atoms with Crippen molar-refractivity contribution in [2.45, 2.75) is 18.2 Å². The summed E-state index contributed by atoms with van der Waals surface area (Å²) >= 11 is 11.8. The van der Waals surface area contributed by atoms with Gasteiger partial charge >= 0.3 is 0 Å². The van der Waals surface area contributed by atoms with Crippen LogP contribution in [0.1, 0.15) is 11.1 Å². The third-order valence-corrected chi connectivity index (χ3v) is 5.82. The molecule has 29 heavy (non-hydrogen) atoms. The topological polar surface area (TPSA) is 75.3 Å². The van der Waals surface area contributed by atoms with E-state index in [0.717, 1.165) is 16.8 Å². The first-order chi connectivity index (χ1) is 13.7. The van der Waals surface area contributed by atoms with Crippen LogP contribution >= 0.6 is 23.2 Å². The van der Waals surface area contributed by atoms with E-state index in [9.17, 15) is 13.2 Å². The molecule has 0 unspecified atom stereocenters. The zero-order chi connectivity index (χ0) is 21.0. The summed E-state index contributed by atoms with van der Waals surface area (Å²) in [6.07, 6.45) is 0.172. The molecule has 0 aliphatic rings. The Morgan fingerprint density at radius 3 is 2.17 bits per heavy atom. The predicted molar refractivity (Wildman–Crippen MR) is 117 cm³/mol. The van der Waals surface area contributed by atoms with Crippen LogP contribution in [0, 0.1) is 6.92 Å². The summed E-state index contributed by atoms with van der Waals surface area (Å²) in [6.45, 7) is 1.95. The summed E-state index contributed by atoms with van der Waals surface area (Å²) in [5, 5.41) is 3.30. The van der Waals surface area contributed by atoms with Crippen molar-refractivity contribution in [3.05, 3.63) is 87.9 Å². The molecule has 3 aromatic carbocycles. The summed E-state index contributed by atoms with van der Waals surface area (Å²) in [6, 6.07) is 18.2. The molecule has 150 valence electrons. The number of hydrogen-bond acceptors (Lipinski definition) is 3. The molecule has 0 saturated carbocycles. The van der Waals surface area contributed by atoms with Crippen LogP contribution in [0.5, 0.6) is 0 Å². The summed E-state index contributed by atoms with van der Waals surface area (Å²) in [5.74, 6) is -0.155. The Labute approximate surface area is 179 Å². The van der Waals surface area contributed by atoms with Crippen molar-refractivity contribution in [1.82, 2.24) is 0 Å². The van der Waals surface area contributed by atoms with Crippen LogP contribution in [-0.4, -0.2) is 14.3 Å². The smallest absolute Gasteiger partial charge is 0.261 e. The Hall–Kier alpha value is -2.54. The molecule has 1 amide bonds. The van der Waals surface area contributed by atoms with E-state index in [2.05, 4.69) is 10.0 Å². The highest BCUT2D eigenvalue weighted by Crippen LogP contribution is 2.24. The molecule has 3 rings (SSSR count). The van der Waals surface area contributed by atoms with Crippen molar-refractivity contribution < 1.29 is 13.2 Å². The lowest BCUT2D eigenvalue weighted by molar-refractivity contribution is -0.115. The van der Waals surface area contributed by atoms with Crippen LogP contribution in [0.4, 0.5) is 11.4 Å². The van der Waals surface area contributed by atoms with Crippen LogP contribution in [-0.2, 0) is 21.2 Å². The molecule has 0 atom stereocenters. The van der Waals surface area contributed by atoms with Gasteiger partial charge in [-0.2, -0.15) is 0 Å². The lowest BCUT2D eigenvalue weighted by Gasteiger charge is -2.10. The first-order valence-electron chi connectivity index (χ1n) is 8.66. The highest BCUT2D eigenvalue weighted by atomic mass is 35.5. The third-order valence-electron chi connectivity index (χ3n) is 4.02. The average Bonchev–Trinajstić information content (AvgIpc) is 2.62. The number of hydrogen-bond donors (Lipinski definition) is 2. The summed E-state index contributed by atoms with van der Waals surface area (Å²) in [7, 11) is -3.84. The Morgan fingerprint density at radius 2 is 1.55 bits per heavy atom. The second kappa shape index (κ2) is 8.86. The maximum absolute atomic E-state index is 12.5. The molecule has 0 saturated heterocycles. The molecule has 5 nitrogen and oxygen atoms in total. The first-order valence-corrected chi connectivity index (χ1v) is 10.9. The Kier molecular flexibility index (Phi) is 6.47. The van der Waals surface area contributed by atoms with Gasteiger partial charge in [-0.15, -0.1) is 0 Å². The monoisotopic (exact) mass is 448 g/mol. The number of carbonyl (C=O) groups is 1. The number of carbonyl (C=O) groups excluding carboxylic acids is 1. The molecule has 0 heterocycles. The minimum atomic E-state index is -3.84. The van der Waals surface area contributed by atoms with Crippen molar-refractivity contribution in [3.63, 3.8) is 0 Å². The van der Waals surface area contributed by atoms with E-state index in [0.29, 0.717) is 5.69 Å². The lowest BCUT2D eigenvalue weighted by Crippen LogP contribution is -2.15. The minimum Gasteiger partial charge on any atom is -0.326 e. The van der Waals surface area contributed by atoms with Gasteiger partial charge in [-0.25, -0.2) is 8.42 Å². The normalized spacial score (nSPS) is 11.1. The quantitative estimate of drug-likeness (QED) is 0.538. The molecule has 0 fully saturated rings. The van der Waals surface area contributed by atoms with E-state index in [1.54, 1.807) is 24.3 Å². The molecular weight excluding hydrogens is 431 g/mol. The lowest BCUT2D eigenvalue weighted by atomic mass is 10.1. The van der Waals surface area contributed by atoms with Crippen LogP contribution in [0.25, 0.3) is 0 Å². The van der Waals surface area contributed by atoms with Gasteiger partial charge in [0.2, 0.25) is 5.91 Å². The number of benzene rings is 3. The maximum atomic E-state index is 12.5. The molecule has 2 N–H and O–H groups in total. The number of aryl methyl sites for hydroxylation is 1. The molecule has 0 spiro atoms. The van der Waals surface area contributed by atoms with Crippen molar-refractivity contribution in [2.24, 2.45) is 0 Å². The molecule has 8 heteroatoms. The average molecular weight is 449 g/mol. The van der Waals surface area contributed by atoms with Gasteiger partial charge in [-0.05, 0) is 60.5 Å². The van der Waals surface area contributed by atoms with Gasteiger partial charge < -0.3 is 5.32 Å². The molecule has 0 aliphatic heterocycles. The van der Waals surface area contributed by atoms with Gasteiger partial charge in [0.15, 0.2) is 0 Å². The fraction of sp³-hybridized carbons (Fsp3) is 0.0952. The van der Waals surface area contributed by atoms with Gasteiger partial charge in [0.05, 0.1) is 11.3 Å². The zero-order valence-corrected chi connectivity index (χ0v) is 17.8. The highest BCUT2D eigenvalue weighted by Gasteiger charge is 2.16. The van der Waals surface area contributed by atoms with Crippen LogP contribution in [0.2, 0.25) is 10.0 Å². The molecule has 0 bridgehead atoms. The Bertz CT molecular complexity index is 1130. The van der Waals surface area contributed by atoms with E-state index in [4.69, 9.17) is 23.2 Å². The summed E-state index contributed by atoms with van der Waals surface area (Å²) < 4.78 is 27.5. The van der Waals surface area contributed by atoms with E-state index in [1.165, 1.54) is 18.2 Å². The maximum Gasteiger partial charge on any atom is 0.261 e. The van der Waals surface area contributed by atoms with E-state index >= 15 is 0 Å². The molecule has 0 radical (unpaired) electrons. The summed E-state index contributed by atoms with van der Waals surface area (Å²) in [4.78, 5) is 12.2. The Morgan fingerprint density at radius 1 is 0.897 bits per heavy atom. The van der Waals surface area contributed by atoms with Crippen molar-refractivity contribution in [2.75, 3.05) is 10.0 Å². The number of halogens is 2. The second-order valence-corrected chi connectivity index (χ2v) is 9.06.